The van der Waals surface area contributed by atoms with Crippen molar-refractivity contribution in [3.05, 3.63) is 64.1 Å². The molecule has 5 heteroatoms. The van der Waals surface area contributed by atoms with E-state index in [1.54, 1.807) is 0 Å². The number of halogens is 1. The fraction of sp³-hybridized carbons (Fsp3) is 0.200. The summed E-state index contributed by atoms with van der Waals surface area (Å²) in [4.78, 5) is 27.1. The highest BCUT2D eigenvalue weighted by atomic mass is 79.9. The van der Waals surface area contributed by atoms with Gasteiger partial charge in [-0.25, -0.2) is 0 Å². The van der Waals surface area contributed by atoms with Gasteiger partial charge in [0.2, 0.25) is 5.60 Å². The number of nitrogens with zero attached hydrogens (tertiary/aromatic N) is 1. The molecular formula is C20H14BrNO3. The zero-order chi connectivity index (χ0) is 17.6. The number of hydrogen-bond acceptors (Lipinski definition) is 3. The Kier molecular flexibility index (Phi) is 3.66. The highest BCUT2D eigenvalue weighted by Crippen LogP contribution is 2.55. The standard InChI is InChI=1S/C20H14BrNO3/c1-2-10-22-17-9-8-14(21)11-16(17)20(19(22)24)15(12-18(23)25-20)13-6-4-3-5-7-13/h1,3-9,11,15H,10,12H2/t15-,20+/m1/s1. The van der Waals surface area contributed by atoms with E-state index in [-0.39, 0.29) is 30.8 Å². The van der Waals surface area contributed by atoms with Crippen molar-refractivity contribution in [2.24, 2.45) is 0 Å². The normalized spacial score (nSPS) is 24.3. The lowest BCUT2D eigenvalue weighted by atomic mass is 9.78. The van der Waals surface area contributed by atoms with Crippen molar-refractivity contribution in [1.82, 2.24) is 0 Å². The molecule has 1 spiro atoms. The van der Waals surface area contributed by atoms with Crippen LogP contribution in [0.4, 0.5) is 5.69 Å². The van der Waals surface area contributed by atoms with E-state index in [1.807, 2.05) is 48.5 Å². The Hall–Kier alpha value is -2.58. The monoisotopic (exact) mass is 395 g/mol. The fourth-order valence-electron chi connectivity index (χ4n) is 3.79. The second-order valence-corrected chi connectivity index (χ2v) is 7.05. The number of carbonyl (C=O) groups excluding carboxylic acids is 2. The first-order valence-electron chi connectivity index (χ1n) is 7.90. The second kappa shape index (κ2) is 5.75. The van der Waals surface area contributed by atoms with Gasteiger partial charge in [-0.1, -0.05) is 52.2 Å². The second-order valence-electron chi connectivity index (χ2n) is 6.13. The van der Waals surface area contributed by atoms with Crippen LogP contribution in [0.1, 0.15) is 23.5 Å². The largest absolute Gasteiger partial charge is 0.443 e. The zero-order valence-electron chi connectivity index (χ0n) is 13.2. The number of amides is 1. The third-order valence-corrected chi connectivity index (χ3v) is 5.29. The van der Waals surface area contributed by atoms with Crippen LogP contribution in [0.2, 0.25) is 0 Å². The predicted molar refractivity (Wildman–Crippen MR) is 96.9 cm³/mol. The molecule has 1 amide bonds. The van der Waals surface area contributed by atoms with Gasteiger partial charge >= 0.3 is 5.97 Å². The Balaban J connectivity index is 1.96. The van der Waals surface area contributed by atoms with E-state index in [2.05, 4.69) is 21.9 Å². The van der Waals surface area contributed by atoms with Crippen LogP contribution < -0.4 is 4.90 Å². The molecule has 2 aliphatic rings. The number of benzene rings is 2. The van der Waals surface area contributed by atoms with Gasteiger partial charge in [-0.2, -0.15) is 0 Å². The molecule has 0 saturated carbocycles. The molecule has 1 fully saturated rings. The van der Waals surface area contributed by atoms with Gasteiger partial charge < -0.3 is 4.74 Å². The molecule has 2 aromatic carbocycles. The van der Waals surface area contributed by atoms with Crippen molar-refractivity contribution in [3.8, 4) is 12.3 Å². The molecule has 2 aromatic rings. The van der Waals surface area contributed by atoms with E-state index in [1.165, 1.54) is 4.90 Å². The van der Waals surface area contributed by atoms with Gasteiger partial charge in [0, 0.05) is 16.0 Å². The average molecular weight is 396 g/mol. The van der Waals surface area contributed by atoms with Crippen LogP contribution in [0.3, 0.4) is 0 Å². The Bertz CT molecular complexity index is 918. The van der Waals surface area contributed by atoms with E-state index in [4.69, 9.17) is 11.2 Å². The van der Waals surface area contributed by atoms with Gasteiger partial charge in [-0.05, 0) is 23.8 Å². The van der Waals surface area contributed by atoms with Crippen molar-refractivity contribution in [2.75, 3.05) is 11.4 Å². The lowest BCUT2D eigenvalue weighted by Crippen LogP contribution is -2.43. The third-order valence-electron chi connectivity index (χ3n) is 4.80. The molecule has 4 rings (SSSR count). The maximum absolute atomic E-state index is 13.4. The molecule has 25 heavy (non-hydrogen) atoms. The number of fused-ring (bicyclic) bond motifs is 2. The van der Waals surface area contributed by atoms with Crippen LogP contribution in [0.15, 0.2) is 53.0 Å². The lowest BCUT2D eigenvalue weighted by molar-refractivity contribution is -0.157. The molecule has 2 heterocycles. The number of carbonyl (C=O) groups is 2. The number of anilines is 1. The summed E-state index contributed by atoms with van der Waals surface area (Å²) < 4.78 is 6.54. The minimum atomic E-state index is -1.35. The molecule has 2 aliphatic heterocycles. The summed E-state index contributed by atoms with van der Waals surface area (Å²) in [5.74, 6) is 1.48. The van der Waals surface area contributed by atoms with Gasteiger partial charge in [0.25, 0.3) is 5.91 Å². The average Bonchev–Trinajstić information content (AvgIpc) is 3.08. The summed E-state index contributed by atoms with van der Waals surface area (Å²) >= 11 is 3.45. The maximum Gasteiger partial charge on any atom is 0.308 e. The van der Waals surface area contributed by atoms with E-state index < -0.39 is 5.60 Å². The number of esters is 1. The number of terminal acetylenes is 1. The molecule has 1 saturated heterocycles. The van der Waals surface area contributed by atoms with Crippen LogP contribution in [0.25, 0.3) is 0 Å². The van der Waals surface area contributed by atoms with Gasteiger partial charge in [0.1, 0.15) is 0 Å². The number of rotatable bonds is 2. The minimum Gasteiger partial charge on any atom is -0.443 e. The summed E-state index contributed by atoms with van der Waals surface area (Å²) in [6, 6.07) is 15.1. The summed E-state index contributed by atoms with van der Waals surface area (Å²) in [6.07, 6.45) is 5.62. The number of hydrogen-bond donors (Lipinski definition) is 0. The Labute approximate surface area is 153 Å². The Morgan fingerprint density at radius 1 is 1.24 bits per heavy atom. The summed E-state index contributed by atoms with van der Waals surface area (Å²) in [7, 11) is 0. The van der Waals surface area contributed by atoms with Gasteiger partial charge in [-0.3, -0.25) is 14.5 Å². The Morgan fingerprint density at radius 2 is 2.00 bits per heavy atom. The lowest BCUT2D eigenvalue weighted by Gasteiger charge is -2.28. The smallest absolute Gasteiger partial charge is 0.308 e. The van der Waals surface area contributed by atoms with Crippen LogP contribution in [0.5, 0.6) is 0 Å². The third kappa shape index (κ3) is 2.21. The summed E-state index contributed by atoms with van der Waals surface area (Å²) in [5, 5.41) is 0. The van der Waals surface area contributed by atoms with E-state index >= 15 is 0 Å². The van der Waals surface area contributed by atoms with Crippen molar-refractivity contribution in [1.29, 1.82) is 0 Å². The van der Waals surface area contributed by atoms with Crippen LogP contribution in [0, 0.1) is 12.3 Å². The quantitative estimate of drug-likeness (QED) is 0.578. The van der Waals surface area contributed by atoms with Crippen molar-refractivity contribution < 1.29 is 14.3 Å². The van der Waals surface area contributed by atoms with Crippen LogP contribution >= 0.6 is 15.9 Å². The van der Waals surface area contributed by atoms with Gasteiger partial charge in [0.05, 0.1) is 18.7 Å². The van der Waals surface area contributed by atoms with Crippen LogP contribution in [-0.2, 0) is 19.9 Å². The molecule has 0 N–H and O–H groups in total. The van der Waals surface area contributed by atoms with Crippen molar-refractivity contribution >= 4 is 33.5 Å². The molecule has 0 bridgehead atoms. The van der Waals surface area contributed by atoms with E-state index in [0.717, 1.165) is 10.0 Å². The first-order chi connectivity index (χ1) is 12.1. The highest BCUT2D eigenvalue weighted by molar-refractivity contribution is 9.10. The molecule has 4 nitrogen and oxygen atoms in total. The summed E-state index contributed by atoms with van der Waals surface area (Å²) in [5.41, 5.74) is 0.924. The zero-order valence-corrected chi connectivity index (χ0v) is 14.8. The highest BCUT2D eigenvalue weighted by Gasteiger charge is 2.63. The molecular weight excluding hydrogens is 382 g/mol. The van der Waals surface area contributed by atoms with Gasteiger partial charge in [-0.15, -0.1) is 6.42 Å². The predicted octanol–water partition coefficient (Wildman–Crippen LogP) is 3.35. The molecule has 0 aliphatic carbocycles. The molecule has 0 radical (unpaired) electrons. The molecule has 2 atom stereocenters. The minimum absolute atomic E-state index is 0.133. The van der Waals surface area contributed by atoms with Crippen LogP contribution in [-0.4, -0.2) is 18.4 Å². The van der Waals surface area contributed by atoms with Gasteiger partial charge in [0.15, 0.2) is 0 Å². The first kappa shape index (κ1) is 15.9. The van der Waals surface area contributed by atoms with Crippen molar-refractivity contribution in [3.63, 3.8) is 0 Å². The van der Waals surface area contributed by atoms with E-state index in [9.17, 15) is 9.59 Å². The Morgan fingerprint density at radius 3 is 2.72 bits per heavy atom. The summed E-state index contributed by atoms with van der Waals surface area (Å²) in [6.45, 7) is 0.133. The topological polar surface area (TPSA) is 46.6 Å². The molecule has 0 unspecified atom stereocenters. The molecule has 124 valence electrons. The fourth-order valence-corrected chi connectivity index (χ4v) is 4.15. The molecule has 0 aromatic heterocycles. The number of ether oxygens (including phenoxy) is 1. The maximum atomic E-state index is 13.4. The van der Waals surface area contributed by atoms with E-state index in [0.29, 0.717) is 11.3 Å². The van der Waals surface area contributed by atoms with Crippen molar-refractivity contribution in [2.45, 2.75) is 17.9 Å². The first-order valence-corrected chi connectivity index (χ1v) is 8.69. The SMILES string of the molecule is C#CCN1C(=O)[C@@]2(OC(=O)C[C@@H]2c2ccccc2)c2cc(Br)ccc21.